The minimum Gasteiger partial charge on any atom is -0.381 e. The minimum atomic E-state index is -0.537. The number of pyridine rings is 1. The Morgan fingerprint density at radius 2 is 1.91 bits per heavy atom. The molecule has 1 saturated heterocycles. The molecule has 0 saturated carbocycles. The number of hydrogen-bond donors (Lipinski definition) is 2. The molecule has 8 heteroatoms. The minimum absolute atomic E-state index is 0.252. The van der Waals surface area contributed by atoms with Gasteiger partial charge in [0.05, 0.1) is 12.2 Å². The maximum Gasteiger partial charge on any atom is 0.252 e. The lowest BCUT2D eigenvalue weighted by Crippen LogP contribution is -2.29. The van der Waals surface area contributed by atoms with Gasteiger partial charge in [0, 0.05) is 55.2 Å². The Bertz CT molecular complexity index is 1360. The predicted octanol–water partition coefficient (Wildman–Crippen LogP) is 4.53. The van der Waals surface area contributed by atoms with Crippen LogP contribution in [0, 0.1) is 12.7 Å². The monoisotopic (exact) mass is 473 g/mol. The zero-order valence-electron chi connectivity index (χ0n) is 19.8. The Morgan fingerprint density at radius 3 is 2.66 bits per heavy atom. The Morgan fingerprint density at radius 1 is 1.09 bits per heavy atom. The van der Waals surface area contributed by atoms with E-state index in [1.54, 1.807) is 37.0 Å². The molecule has 0 aliphatic carbocycles. The van der Waals surface area contributed by atoms with Gasteiger partial charge < -0.3 is 15.4 Å². The maximum atomic E-state index is 14.3. The van der Waals surface area contributed by atoms with E-state index in [9.17, 15) is 9.18 Å². The Hall–Kier alpha value is -3.78. The van der Waals surface area contributed by atoms with Gasteiger partial charge in [-0.1, -0.05) is 18.2 Å². The van der Waals surface area contributed by atoms with Crippen molar-refractivity contribution in [1.82, 2.24) is 20.1 Å². The summed E-state index contributed by atoms with van der Waals surface area (Å²) in [5, 5.41) is 12.6. The van der Waals surface area contributed by atoms with Crippen LogP contribution < -0.4 is 10.6 Å². The number of anilines is 1. The number of benzene rings is 2. The van der Waals surface area contributed by atoms with Crippen LogP contribution >= 0.6 is 0 Å². The van der Waals surface area contributed by atoms with Crippen LogP contribution in [0.4, 0.5) is 10.2 Å². The van der Waals surface area contributed by atoms with Crippen molar-refractivity contribution in [3.8, 4) is 0 Å². The van der Waals surface area contributed by atoms with Crippen LogP contribution in [0.25, 0.3) is 10.8 Å². The van der Waals surface area contributed by atoms with E-state index in [-0.39, 0.29) is 11.7 Å². The maximum absolute atomic E-state index is 14.3. The van der Waals surface area contributed by atoms with Crippen molar-refractivity contribution in [1.29, 1.82) is 0 Å². The molecule has 2 aromatic heterocycles. The Kier molecular flexibility index (Phi) is 6.46. The van der Waals surface area contributed by atoms with Crippen LogP contribution in [0.3, 0.4) is 0 Å². The molecule has 2 aromatic carbocycles. The first kappa shape index (κ1) is 23.0. The molecular formula is C27H28FN5O2. The van der Waals surface area contributed by atoms with E-state index in [0.717, 1.165) is 48.2 Å². The molecule has 0 unspecified atom stereocenters. The Balaban J connectivity index is 1.41. The number of rotatable bonds is 6. The standard InChI is InChI=1S/C27H28FN5O2/c1-17-3-4-18(12-24(17)28)26(22-15-30-33(2)16-22)32-27(34)19-5-6-20-14-29-25(13-21(20)11-19)31-23-7-9-35-10-8-23/h3-6,11-16,23,26H,7-10H2,1-2H3,(H,29,31)(H,32,34)/t26-/m0/s1. The third-order valence-electron chi connectivity index (χ3n) is 6.42. The number of amides is 1. The number of carbonyl (C=O) groups excluding carboxylic acids is 1. The van der Waals surface area contributed by atoms with Crippen molar-refractivity contribution in [2.24, 2.45) is 7.05 Å². The molecule has 0 spiro atoms. The summed E-state index contributed by atoms with van der Waals surface area (Å²) in [6, 6.07) is 12.3. The fraction of sp³-hybridized carbons (Fsp3) is 0.296. The Labute approximate surface area is 203 Å². The van der Waals surface area contributed by atoms with E-state index >= 15 is 0 Å². The van der Waals surface area contributed by atoms with Gasteiger partial charge in [-0.15, -0.1) is 0 Å². The number of ether oxygens (including phenoxy) is 1. The first-order valence-electron chi connectivity index (χ1n) is 11.8. The van der Waals surface area contributed by atoms with Gasteiger partial charge in [-0.3, -0.25) is 9.48 Å². The number of nitrogens with one attached hydrogen (secondary N) is 2. The van der Waals surface area contributed by atoms with Crippen molar-refractivity contribution in [3.05, 3.63) is 89.1 Å². The summed E-state index contributed by atoms with van der Waals surface area (Å²) in [6.45, 7) is 3.21. The second-order valence-electron chi connectivity index (χ2n) is 9.02. The lowest BCUT2D eigenvalue weighted by Gasteiger charge is -2.23. The first-order chi connectivity index (χ1) is 17.0. The third-order valence-corrected chi connectivity index (χ3v) is 6.42. The predicted molar refractivity (Wildman–Crippen MR) is 133 cm³/mol. The summed E-state index contributed by atoms with van der Waals surface area (Å²) < 4.78 is 21.4. The van der Waals surface area contributed by atoms with Crippen LogP contribution in [0.1, 0.15) is 45.9 Å². The van der Waals surface area contributed by atoms with Crippen LogP contribution in [0.15, 0.2) is 61.1 Å². The quantitative estimate of drug-likeness (QED) is 0.430. The van der Waals surface area contributed by atoms with Gasteiger partial charge in [-0.25, -0.2) is 9.37 Å². The number of aryl methyl sites for hydroxylation is 2. The van der Waals surface area contributed by atoms with Gasteiger partial charge in [0.25, 0.3) is 5.91 Å². The fourth-order valence-electron chi connectivity index (χ4n) is 4.36. The second kappa shape index (κ2) is 9.84. The SMILES string of the molecule is Cc1ccc([C@H](NC(=O)c2ccc3cnc(NC4CCOCC4)cc3c2)c2cnn(C)c2)cc1F. The largest absolute Gasteiger partial charge is 0.381 e. The van der Waals surface area contributed by atoms with Gasteiger partial charge in [0.1, 0.15) is 11.6 Å². The topological polar surface area (TPSA) is 81.1 Å². The van der Waals surface area contributed by atoms with Crippen molar-refractivity contribution >= 4 is 22.5 Å². The van der Waals surface area contributed by atoms with Crippen molar-refractivity contribution in [3.63, 3.8) is 0 Å². The van der Waals surface area contributed by atoms with Gasteiger partial charge in [-0.2, -0.15) is 5.10 Å². The average molecular weight is 474 g/mol. The zero-order valence-corrected chi connectivity index (χ0v) is 19.8. The molecule has 5 rings (SSSR count). The van der Waals surface area contributed by atoms with Crippen molar-refractivity contribution < 1.29 is 13.9 Å². The van der Waals surface area contributed by atoms with E-state index in [0.29, 0.717) is 22.7 Å². The van der Waals surface area contributed by atoms with Crippen LogP contribution in [-0.2, 0) is 11.8 Å². The number of aromatic nitrogens is 3. The highest BCUT2D eigenvalue weighted by Crippen LogP contribution is 2.25. The summed E-state index contributed by atoms with van der Waals surface area (Å²) in [7, 11) is 1.81. The summed E-state index contributed by atoms with van der Waals surface area (Å²) in [5.41, 5.74) is 2.50. The van der Waals surface area contributed by atoms with Gasteiger partial charge in [0.2, 0.25) is 0 Å². The highest BCUT2D eigenvalue weighted by Gasteiger charge is 2.21. The molecule has 4 aromatic rings. The van der Waals surface area contributed by atoms with Gasteiger partial charge >= 0.3 is 0 Å². The number of nitrogens with zero attached hydrogens (tertiary/aromatic N) is 3. The van der Waals surface area contributed by atoms with Crippen LogP contribution in [0.2, 0.25) is 0 Å². The highest BCUT2D eigenvalue weighted by molar-refractivity contribution is 5.99. The molecule has 1 fully saturated rings. The first-order valence-corrected chi connectivity index (χ1v) is 11.8. The normalized spacial score (nSPS) is 15.2. The number of hydrogen-bond acceptors (Lipinski definition) is 5. The summed E-state index contributed by atoms with van der Waals surface area (Å²) in [4.78, 5) is 17.9. The summed E-state index contributed by atoms with van der Waals surface area (Å²) in [6.07, 6.45) is 7.20. The van der Waals surface area contributed by atoms with Crippen molar-refractivity contribution in [2.75, 3.05) is 18.5 Å². The molecule has 35 heavy (non-hydrogen) atoms. The molecule has 0 radical (unpaired) electrons. The number of carbonyl (C=O) groups is 1. The van der Waals surface area contributed by atoms with E-state index < -0.39 is 6.04 Å². The number of halogens is 1. The molecule has 1 atom stereocenters. The third kappa shape index (κ3) is 5.17. The van der Waals surface area contributed by atoms with E-state index in [1.807, 2.05) is 36.7 Å². The smallest absolute Gasteiger partial charge is 0.252 e. The van der Waals surface area contributed by atoms with E-state index in [2.05, 4.69) is 20.7 Å². The molecule has 7 nitrogen and oxygen atoms in total. The van der Waals surface area contributed by atoms with Crippen LogP contribution in [-0.4, -0.2) is 39.9 Å². The molecule has 0 bridgehead atoms. The molecule has 1 aliphatic rings. The molecule has 2 N–H and O–H groups in total. The molecule has 1 amide bonds. The average Bonchev–Trinajstić information content (AvgIpc) is 3.30. The summed E-state index contributed by atoms with van der Waals surface area (Å²) >= 11 is 0. The van der Waals surface area contributed by atoms with Gasteiger partial charge in [-0.05, 0) is 60.5 Å². The highest BCUT2D eigenvalue weighted by atomic mass is 19.1. The second-order valence-corrected chi connectivity index (χ2v) is 9.02. The van der Waals surface area contributed by atoms with Crippen molar-refractivity contribution in [2.45, 2.75) is 31.8 Å². The lowest BCUT2D eigenvalue weighted by atomic mass is 9.99. The zero-order chi connectivity index (χ0) is 24.4. The molecule has 3 heterocycles. The molecular weight excluding hydrogens is 445 g/mol. The molecule has 1 aliphatic heterocycles. The van der Waals surface area contributed by atoms with Crippen LogP contribution in [0.5, 0.6) is 0 Å². The lowest BCUT2D eigenvalue weighted by molar-refractivity contribution is 0.0903. The number of fused-ring (bicyclic) bond motifs is 1. The van der Waals surface area contributed by atoms with E-state index in [4.69, 9.17) is 4.74 Å². The molecule has 180 valence electrons. The van der Waals surface area contributed by atoms with Gasteiger partial charge in [0.15, 0.2) is 0 Å². The fourth-order valence-corrected chi connectivity index (χ4v) is 4.36. The summed E-state index contributed by atoms with van der Waals surface area (Å²) in [5.74, 6) is 0.219. The van der Waals surface area contributed by atoms with E-state index in [1.165, 1.54) is 6.07 Å².